The Bertz CT molecular complexity index is 593. The Hall–Kier alpha value is -2.35. The van der Waals surface area contributed by atoms with Gasteiger partial charge in [-0.05, 0) is 42.8 Å². The maximum atomic E-state index is 9.24. The molecule has 0 aliphatic rings. The molecule has 2 N–H and O–H groups in total. The summed E-state index contributed by atoms with van der Waals surface area (Å²) in [5.74, 6) is 1.46. The normalized spacial score (nSPS) is 11.6. The van der Waals surface area contributed by atoms with Gasteiger partial charge in [0.05, 0.1) is 6.07 Å². The third kappa shape index (κ3) is 4.60. The predicted molar refractivity (Wildman–Crippen MR) is 81.0 cm³/mol. The van der Waals surface area contributed by atoms with Crippen LogP contribution in [0.4, 0.5) is 0 Å². The van der Waals surface area contributed by atoms with E-state index in [1.54, 1.807) is 0 Å². The molecule has 21 heavy (non-hydrogen) atoms. The van der Waals surface area contributed by atoms with Crippen molar-refractivity contribution >= 4 is 0 Å². The van der Waals surface area contributed by atoms with Gasteiger partial charge in [0, 0.05) is 6.61 Å². The molecule has 0 fully saturated rings. The van der Waals surface area contributed by atoms with Crippen LogP contribution in [0.2, 0.25) is 0 Å². The first kappa shape index (κ1) is 15.0. The molecule has 0 radical (unpaired) electrons. The second kappa shape index (κ2) is 8.05. The number of nitrogens with one attached hydrogen (secondary N) is 1. The van der Waals surface area contributed by atoms with Crippen LogP contribution in [0.1, 0.15) is 18.0 Å². The molecule has 108 valence electrons. The van der Waals surface area contributed by atoms with Gasteiger partial charge in [0.15, 0.2) is 0 Å². The average Bonchev–Trinajstić information content (AvgIpc) is 2.53. The van der Waals surface area contributed by atoms with Gasteiger partial charge >= 0.3 is 0 Å². The Morgan fingerprint density at radius 3 is 2.57 bits per heavy atom. The molecule has 4 heteroatoms. The Labute approximate surface area is 124 Å². The van der Waals surface area contributed by atoms with Gasteiger partial charge in [0.1, 0.15) is 17.5 Å². The molecule has 0 amide bonds. The van der Waals surface area contributed by atoms with Gasteiger partial charge in [0.2, 0.25) is 0 Å². The van der Waals surface area contributed by atoms with Gasteiger partial charge < -0.3 is 9.84 Å². The van der Waals surface area contributed by atoms with E-state index in [1.165, 1.54) is 0 Å². The number of aliphatic hydroxyl groups is 1. The van der Waals surface area contributed by atoms with Crippen molar-refractivity contribution in [2.45, 2.75) is 12.5 Å². The monoisotopic (exact) mass is 282 g/mol. The van der Waals surface area contributed by atoms with Crippen LogP contribution >= 0.6 is 0 Å². The van der Waals surface area contributed by atoms with E-state index in [2.05, 4.69) is 11.4 Å². The zero-order chi connectivity index (χ0) is 14.9. The smallest absolute Gasteiger partial charge is 0.127 e. The highest BCUT2D eigenvalue weighted by molar-refractivity contribution is 5.36. The van der Waals surface area contributed by atoms with Crippen molar-refractivity contribution in [2.24, 2.45) is 0 Å². The summed E-state index contributed by atoms with van der Waals surface area (Å²) in [6.07, 6.45) is 0.623. The maximum Gasteiger partial charge on any atom is 0.127 e. The number of nitrogens with zero attached hydrogens (tertiary/aromatic N) is 1. The van der Waals surface area contributed by atoms with Crippen LogP contribution in [0.15, 0.2) is 54.6 Å². The lowest BCUT2D eigenvalue weighted by molar-refractivity contribution is 0.285. The van der Waals surface area contributed by atoms with E-state index < -0.39 is 6.04 Å². The van der Waals surface area contributed by atoms with Crippen molar-refractivity contribution in [3.8, 4) is 17.6 Å². The summed E-state index contributed by atoms with van der Waals surface area (Å²) in [6.45, 7) is 0.709. The summed E-state index contributed by atoms with van der Waals surface area (Å²) in [7, 11) is 0. The van der Waals surface area contributed by atoms with Gasteiger partial charge in [-0.25, -0.2) is 0 Å². The predicted octanol–water partition coefficient (Wildman–Crippen LogP) is 3.02. The van der Waals surface area contributed by atoms with Crippen LogP contribution in [0.5, 0.6) is 11.5 Å². The maximum absolute atomic E-state index is 9.24. The van der Waals surface area contributed by atoms with E-state index in [1.807, 2.05) is 54.6 Å². The second-order valence-electron chi connectivity index (χ2n) is 4.58. The number of hydrogen-bond donors (Lipinski definition) is 2. The van der Waals surface area contributed by atoms with Crippen molar-refractivity contribution < 1.29 is 9.84 Å². The number of hydrogen-bond acceptors (Lipinski definition) is 4. The van der Waals surface area contributed by atoms with Gasteiger partial charge in [-0.2, -0.15) is 5.26 Å². The number of ether oxygens (including phenoxy) is 1. The molecule has 0 aromatic heterocycles. The van der Waals surface area contributed by atoms with Crippen LogP contribution in [0.25, 0.3) is 0 Å². The van der Waals surface area contributed by atoms with Gasteiger partial charge in [-0.15, -0.1) is 0 Å². The lowest BCUT2D eigenvalue weighted by Crippen LogP contribution is -2.21. The molecule has 0 aliphatic heterocycles. The van der Waals surface area contributed by atoms with Crippen LogP contribution in [0.3, 0.4) is 0 Å². The molecule has 1 atom stereocenters. The van der Waals surface area contributed by atoms with E-state index in [-0.39, 0.29) is 6.61 Å². The molecule has 1 unspecified atom stereocenters. The zero-order valence-electron chi connectivity index (χ0n) is 11.7. The number of nitriles is 1. The summed E-state index contributed by atoms with van der Waals surface area (Å²) in [6, 6.07) is 18.8. The molecule has 0 aliphatic carbocycles. The van der Waals surface area contributed by atoms with Crippen LogP contribution < -0.4 is 10.1 Å². The SMILES string of the molecule is N#CC(NCCCO)c1cccc(Oc2ccccc2)c1. The van der Waals surface area contributed by atoms with Crippen LogP contribution in [-0.4, -0.2) is 18.3 Å². The minimum Gasteiger partial charge on any atom is -0.457 e. The summed E-state index contributed by atoms with van der Waals surface area (Å²) in [5.41, 5.74) is 0.851. The van der Waals surface area contributed by atoms with E-state index in [0.29, 0.717) is 18.7 Å². The second-order valence-corrected chi connectivity index (χ2v) is 4.58. The summed E-state index contributed by atoms with van der Waals surface area (Å²) >= 11 is 0. The number of rotatable bonds is 7. The van der Waals surface area contributed by atoms with Gasteiger partial charge in [-0.1, -0.05) is 30.3 Å². The quantitative estimate of drug-likeness (QED) is 0.766. The van der Waals surface area contributed by atoms with Crippen molar-refractivity contribution in [1.82, 2.24) is 5.32 Å². The fourth-order valence-corrected chi connectivity index (χ4v) is 1.95. The molecule has 2 aromatic rings. The largest absolute Gasteiger partial charge is 0.457 e. The Kier molecular flexibility index (Phi) is 5.77. The van der Waals surface area contributed by atoms with E-state index in [4.69, 9.17) is 9.84 Å². The van der Waals surface area contributed by atoms with Gasteiger partial charge in [-0.3, -0.25) is 5.32 Å². The first-order valence-electron chi connectivity index (χ1n) is 6.90. The fraction of sp³-hybridized carbons (Fsp3) is 0.235. The average molecular weight is 282 g/mol. The molecular weight excluding hydrogens is 264 g/mol. The minimum absolute atomic E-state index is 0.113. The zero-order valence-corrected chi connectivity index (χ0v) is 11.7. The van der Waals surface area contributed by atoms with Crippen molar-refractivity contribution in [3.05, 3.63) is 60.2 Å². The molecule has 2 aromatic carbocycles. The highest BCUT2D eigenvalue weighted by Gasteiger charge is 2.10. The topological polar surface area (TPSA) is 65.3 Å². The molecular formula is C17H18N2O2. The number of benzene rings is 2. The number of aliphatic hydroxyl groups excluding tert-OH is 1. The molecule has 0 saturated heterocycles. The van der Waals surface area contributed by atoms with E-state index >= 15 is 0 Å². The van der Waals surface area contributed by atoms with Crippen molar-refractivity contribution in [1.29, 1.82) is 5.26 Å². The number of para-hydroxylation sites is 1. The molecule has 2 rings (SSSR count). The first-order valence-corrected chi connectivity index (χ1v) is 6.90. The Morgan fingerprint density at radius 1 is 1.10 bits per heavy atom. The minimum atomic E-state index is -0.407. The van der Waals surface area contributed by atoms with Crippen LogP contribution in [-0.2, 0) is 0 Å². The molecule has 0 heterocycles. The Morgan fingerprint density at radius 2 is 1.86 bits per heavy atom. The Balaban J connectivity index is 2.07. The lowest BCUT2D eigenvalue weighted by atomic mass is 10.1. The van der Waals surface area contributed by atoms with E-state index in [9.17, 15) is 5.26 Å². The van der Waals surface area contributed by atoms with Crippen molar-refractivity contribution in [3.63, 3.8) is 0 Å². The third-order valence-electron chi connectivity index (χ3n) is 2.98. The summed E-state index contributed by atoms with van der Waals surface area (Å²) in [4.78, 5) is 0. The fourth-order valence-electron chi connectivity index (χ4n) is 1.95. The highest BCUT2D eigenvalue weighted by atomic mass is 16.5. The standard InChI is InChI=1S/C17H18N2O2/c18-13-17(19-10-5-11-20)14-6-4-9-16(12-14)21-15-7-2-1-3-8-15/h1-4,6-9,12,17,19-20H,5,10-11H2. The third-order valence-corrected chi connectivity index (χ3v) is 2.98. The molecule has 0 bridgehead atoms. The van der Waals surface area contributed by atoms with E-state index in [0.717, 1.165) is 11.3 Å². The molecule has 4 nitrogen and oxygen atoms in total. The molecule has 0 saturated carbocycles. The summed E-state index contributed by atoms with van der Waals surface area (Å²) in [5, 5.41) is 21.1. The van der Waals surface area contributed by atoms with Gasteiger partial charge in [0.25, 0.3) is 0 Å². The van der Waals surface area contributed by atoms with Crippen LogP contribution in [0, 0.1) is 11.3 Å². The molecule has 0 spiro atoms. The highest BCUT2D eigenvalue weighted by Crippen LogP contribution is 2.24. The van der Waals surface area contributed by atoms with Crippen molar-refractivity contribution in [2.75, 3.05) is 13.2 Å². The summed E-state index contributed by atoms with van der Waals surface area (Å²) < 4.78 is 5.76. The lowest BCUT2D eigenvalue weighted by Gasteiger charge is -2.13. The first-order chi connectivity index (χ1) is 10.3.